The zero-order valence-corrected chi connectivity index (χ0v) is 11.1. The minimum absolute atomic E-state index is 0.0189. The molecule has 0 aromatic heterocycles. The number of halogens is 2. The van der Waals surface area contributed by atoms with Crippen molar-refractivity contribution in [1.29, 1.82) is 0 Å². The Hall–Kier alpha value is -0.690. The summed E-state index contributed by atoms with van der Waals surface area (Å²) in [6.07, 6.45) is 0. The summed E-state index contributed by atoms with van der Waals surface area (Å²) < 4.78 is 38.5. The van der Waals surface area contributed by atoms with Crippen molar-refractivity contribution in [2.24, 2.45) is 5.73 Å². The van der Waals surface area contributed by atoms with E-state index in [2.05, 4.69) is 0 Å². The summed E-state index contributed by atoms with van der Waals surface area (Å²) in [4.78, 5) is -0.135. The maximum Gasteiger partial charge on any atom is 0.242 e. The first-order valence-electron chi connectivity index (χ1n) is 4.99. The number of nitrogens with zero attached hydrogens (tertiary/aromatic N) is 1. The normalized spacial score (nSPS) is 12.1. The highest BCUT2D eigenvalue weighted by atomic mass is 35.5. The van der Waals surface area contributed by atoms with E-state index in [4.69, 9.17) is 17.3 Å². The Labute approximate surface area is 105 Å². The third kappa shape index (κ3) is 2.77. The Morgan fingerprint density at radius 3 is 2.53 bits per heavy atom. The third-order valence-corrected chi connectivity index (χ3v) is 4.78. The molecule has 0 aliphatic carbocycles. The van der Waals surface area contributed by atoms with Crippen molar-refractivity contribution in [1.82, 2.24) is 4.31 Å². The van der Waals surface area contributed by atoms with E-state index < -0.39 is 15.8 Å². The standard InChI is InChI=1S/C10H14ClFN2O2S/c1-3-14(2)17(15,16)8-4-7(6-13)10(11)9(12)5-8/h4-5H,3,6,13H2,1-2H3. The van der Waals surface area contributed by atoms with Crippen LogP contribution in [-0.2, 0) is 16.6 Å². The summed E-state index contributed by atoms with van der Waals surface area (Å²) >= 11 is 5.67. The second kappa shape index (κ2) is 5.30. The van der Waals surface area contributed by atoms with Gasteiger partial charge in [0.1, 0.15) is 5.82 Å². The van der Waals surface area contributed by atoms with Gasteiger partial charge in [0.15, 0.2) is 0 Å². The zero-order chi connectivity index (χ0) is 13.2. The van der Waals surface area contributed by atoms with Crippen LogP contribution in [-0.4, -0.2) is 26.3 Å². The first kappa shape index (κ1) is 14.4. The molecule has 1 rings (SSSR count). The molecule has 17 heavy (non-hydrogen) atoms. The van der Waals surface area contributed by atoms with Gasteiger partial charge in [-0.15, -0.1) is 0 Å². The maximum atomic E-state index is 13.5. The summed E-state index contributed by atoms with van der Waals surface area (Å²) in [5.41, 5.74) is 5.65. The van der Waals surface area contributed by atoms with Crippen molar-refractivity contribution >= 4 is 21.6 Å². The second-order valence-corrected chi connectivity index (χ2v) is 5.92. The van der Waals surface area contributed by atoms with Gasteiger partial charge < -0.3 is 5.73 Å². The highest BCUT2D eigenvalue weighted by molar-refractivity contribution is 7.89. The lowest BCUT2D eigenvalue weighted by atomic mass is 10.2. The maximum absolute atomic E-state index is 13.5. The molecule has 0 radical (unpaired) electrons. The van der Waals surface area contributed by atoms with Crippen molar-refractivity contribution in [3.05, 3.63) is 28.5 Å². The van der Waals surface area contributed by atoms with Gasteiger partial charge >= 0.3 is 0 Å². The van der Waals surface area contributed by atoms with Crippen LogP contribution in [0.15, 0.2) is 17.0 Å². The molecule has 0 aliphatic rings. The van der Waals surface area contributed by atoms with Crippen molar-refractivity contribution in [3.8, 4) is 0 Å². The molecule has 0 unspecified atom stereocenters. The monoisotopic (exact) mass is 280 g/mol. The Bertz CT molecular complexity index is 519. The van der Waals surface area contributed by atoms with Crippen LogP contribution in [0.3, 0.4) is 0 Å². The lowest BCUT2D eigenvalue weighted by Gasteiger charge is -2.16. The molecule has 0 spiro atoms. The molecule has 0 saturated heterocycles. The van der Waals surface area contributed by atoms with Crippen molar-refractivity contribution in [2.75, 3.05) is 13.6 Å². The van der Waals surface area contributed by atoms with Crippen LogP contribution >= 0.6 is 11.6 Å². The Balaban J connectivity index is 3.39. The lowest BCUT2D eigenvalue weighted by molar-refractivity contribution is 0.485. The molecular formula is C10H14ClFN2O2S. The molecule has 0 saturated carbocycles. The number of hydrogen-bond donors (Lipinski definition) is 1. The predicted molar refractivity (Wildman–Crippen MR) is 64.8 cm³/mol. The summed E-state index contributed by atoms with van der Waals surface area (Å²) in [5.74, 6) is -0.780. The van der Waals surface area contributed by atoms with Crippen LogP contribution in [0.4, 0.5) is 4.39 Å². The molecule has 96 valence electrons. The van der Waals surface area contributed by atoms with E-state index in [1.54, 1.807) is 6.92 Å². The molecule has 2 N–H and O–H groups in total. The lowest BCUT2D eigenvalue weighted by Crippen LogP contribution is -2.26. The fourth-order valence-electron chi connectivity index (χ4n) is 1.27. The van der Waals surface area contributed by atoms with Gasteiger partial charge in [-0.3, -0.25) is 0 Å². The summed E-state index contributed by atoms with van der Waals surface area (Å²) in [6.45, 7) is 1.97. The van der Waals surface area contributed by atoms with Gasteiger partial charge in [-0.05, 0) is 17.7 Å². The molecule has 7 heteroatoms. The topological polar surface area (TPSA) is 63.4 Å². The fourth-order valence-corrected chi connectivity index (χ4v) is 2.70. The Kier molecular flexibility index (Phi) is 4.48. The first-order valence-corrected chi connectivity index (χ1v) is 6.80. The average Bonchev–Trinajstić information content (AvgIpc) is 2.30. The predicted octanol–water partition coefficient (Wildman–Crippen LogP) is 1.58. The van der Waals surface area contributed by atoms with E-state index in [-0.39, 0.29) is 22.0 Å². The van der Waals surface area contributed by atoms with E-state index >= 15 is 0 Å². The quantitative estimate of drug-likeness (QED) is 0.911. The van der Waals surface area contributed by atoms with E-state index in [9.17, 15) is 12.8 Å². The Morgan fingerprint density at radius 1 is 1.47 bits per heavy atom. The van der Waals surface area contributed by atoms with Gasteiger partial charge in [-0.2, -0.15) is 0 Å². The van der Waals surface area contributed by atoms with Crippen LogP contribution in [0, 0.1) is 5.82 Å². The van der Waals surface area contributed by atoms with Crippen molar-refractivity contribution in [2.45, 2.75) is 18.4 Å². The third-order valence-electron chi connectivity index (χ3n) is 2.45. The highest BCUT2D eigenvalue weighted by Crippen LogP contribution is 2.25. The SMILES string of the molecule is CCN(C)S(=O)(=O)c1cc(F)c(Cl)c(CN)c1. The van der Waals surface area contributed by atoms with Crippen LogP contribution in [0.25, 0.3) is 0 Å². The Morgan fingerprint density at radius 2 is 2.06 bits per heavy atom. The largest absolute Gasteiger partial charge is 0.326 e. The molecular weight excluding hydrogens is 267 g/mol. The smallest absolute Gasteiger partial charge is 0.242 e. The summed E-state index contributed by atoms with van der Waals surface area (Å²) in [5, 5.41) is -0.134. The van der Waals surface area contributed by atoms with Crippen LogP contribution in [0.5, 0.6) is 0 Å². The van der Waals surface area contributed by atoms with Gasteiger partial charge in [0.25, 0.3) is 0 Å². The number of sulfonamides is 1. The number of benzene rings is 1. The van der Waals surface area contributed by atoms with Gasteiger partial charge in [-0.25, -0.2) is 17.1 Å². The van der Waals surface area contributed by atoms with Crippen LogP contribution in [0.1, 0.15) is 12.5 Å². The second-order valence-electron chi connectivity index (χ2n) is 3.50. The van der Waals surface area contributed by atoms with E-state index in [1.165, 1.54) is 13.1 Å². The van der Waals surface area contributed by atoms with E-state index in [0.29, 0.717) is 6.54 Å². The molecule has 1 aromatic rings. The molecule has 0 fully saturated rings. The van der Waals surface area contributed by atoms with Crippen molar-refractivity contribution < 1.29 is 12.8 Å². The first-order chi connectivity index (χ1) is 7.84. The van der Waals surface area contributed by atoms with E-state index in [0.717, 1.165) is 10.4 Å². The number of nitrogens with two attached hydrogens (primary N) is 1. The minimum atomic E-state index is -3.68. The van der Waals surface area contributed by atoms with Gasteiger partial charge in [-0.1, -0.05) is 18.5 Å². The van der Waals surface area contributed by atoms with Gasteiger partial charge in [0, 0.05) is 20.1 Å². The average molecular weight is 281 g/mol. The number of rotatable bonds is 4. The van der Waals surface area contributed by atoms with E-state index in [1.807, 2.05) is 0 Å². The van der Waals surface area contributed by atoms with Crippen LogP contribution < -0.4 is 5.73 Å². The van der Waals surface area contributed by atoms with Gasteiger partial charge in [0.05, 0.1) is 9.92 Å². The molecule has 4 nitrogen and oxygen atoms in total. The summed E-state index contributed by atoms with van der Waals surface area (Å²) in [6, 6.07) is 2.20. The molecule has 0 heterocycles. The summed E-state index contributed by atoms with van der Waals surface area (Å²) in [7, 11) is -2.26. The molecule has 0 amide bonds. The molecule has 0 bridgehead atoms. The van der Waals surface area contributed by atoms with Crippen LogP contribution in [0.2, 0.25) is 5.02 Å². The molecule has 1 aromatic carbocycles. The molecule has 0 aliphatic heterocycles. The fraction of sp³-hybridized carbons (Fsp3) is 0.400. The van der Waals surface area contributed by atoms with Crippen molar-refractivity contribution in [3.63, 3.8) is 0 Å². The molecule has 0 atom stereocenters. The highest BCUT2D eigenvalue weighted by Gasteiger charge is 2.22. The minimum Gasteiger partial charge on any atom is -0.326 e. The number of hydrogen-bond acceptors (Lipinski definition) is 3. The zero-order valence-electron chi connectivity index (χ0n) is 9.57. The van der Waals surface area contributed by atoms with Gasteiger partial charge in [0.2, 0.25) is 10.0 Å².